The van der Waals surface area contributed by atoms with Crippen LogP contribution in [-0.2, 0) is 22.6 Å². The maximum atomic E-state index is 11.9. The molecule has 1 aliphatic carbocycles. The van der Waals surface area contributed by atoms with E-state index in [-0.39, 0.29) is 12.2 Å². The normalized spacial score (nSPS) is 21.3. The van der Waals surface area contributed by atoms with E-state index in [1.54, 1.807) is 0 Å². The van der Waals surface area contributed by atoms with E-state index in [0.717, 1.165) is 18.7 Å². The predicted octanol–water partition coefficient (Wildman–Crippen LogP) is 5.37. The van der Waals surface area contributed by atoms with Gasteiger partial charge in [-0.05, 0) is 30.5 Å². The van der Waals surface area contributed by atoms with Crippen molar-refractivity contribution in [2.75, 3.05) is 0 Å². The molecule has 3 nitrogen and oxygen atoms in total. The summed E-state index contributed by atoms with van der Waals surface area (Å²) in [5.41, 5.74) is 3.74. The molecule has 0 heterocycles. The third-order valence-electron chi connectivity index (χ3n) is 6.04. The first kappa shape index (κ1) is 20.3. The largest absolute Gasteiger partial charge is 0.363 e. The monoisotopic (exact) mass is 397 g/mol. The minimum atomic E-state index is -0.476. The molecule has 3 heteroatoms. The van der Waals surface area contributed by atoms with Crippen LogP contribution in [0.4, 0.5) is 0 Å². The molecule has 30 heavy (non-hydrogen) atoms. The molecular weight excluding hydrogens is 370 g/mol. The molecule has 3 aromatic carbocycles. The van der Waals surface area contributed by atoms with Gasteiger partial charge in [0, 0.05) is 13.1 Å². The highest BCUT2D eigenvalue weighted by molar-refractivity contribution is 5.70. The third-order valence-corrected chi connectivity index (χ3v) is 6.04. The Morgan fingerprint density at radius 1 is 0.867 bits per heavy atom. The SMILES string of the molecule is CC(OC1C(=C=O)C1(C)N(Cc1ccccc1)Cc1ccccc1)c1ccccc1. The second-order valence-electron chi connectivity index (χ2n) is 8.06. The van der Waals surface area contributed by atoms with E-state index in [0.29, 0.717) is 5.57 Å². The quantitative estimate of drug-likeness (QED) is 0.479. The third kappa shape index (κ3) is 4.15. The standard InChI is InChI=1S/C27H27NO2/c1-21(24-16-10-5-11-17-24)30-26-25(20-29)27(26,2)28(18-22-12-6-3-7-13-22)19-23-14-8-4-9-15-23/h3-17,21,26H,18-19H2,1-2H3. The lowest BCUT2D eigenvalue weighted by molar-refractivity contribution is 0.0117. The number of ether oxygens (including phenoxy) is 1. The Morgan fingerprint density at radius 3 is 1.80 bits per heavy atom. The van der Waals surface area contributed by atoms with Crippen LogP contribution in [0.5, 0.6) is 0 Å². The zero-order valence-corrected chi connectivity index (χ0v) is 17.5. The maximum Gasteiger partial charge on any atom is 0.128 e. The Labute approximate surface area is 178 Å². The Kier molecular flexibility index (Phi) is 5.96. The van der Waals surface area contributed by atoms with Crippen molar-refractivity contribution in [2.45, 2.75) is 44.7 Å². The van der Waals surface area contributed by atoms with Crippen molar-refractivity contribution >= 4 is 5.94 Å². The second kappa shape index (κ2) is 8.81. The molecule has 3 unspecified atom stereocenters. The lowest BCUT2D eigenvalue weighted by Crippen LogP contribution is -2.37. The lowest BCUT2D eigenvalue weighted by atomic mass is 10.1. The van der Waals surface area contributed by atoms with Crippen molar-refractivity contribution in [1.29, 1.82) is 0 Å². The van der Waals surface area contributed by atoms with Gasteiger partial charge in [0.05, 0.1) is 17.2 Å². The highest BCUT2D eigenvalue weighted by Gasteiger charge is 2.63. The molecule has 152 valence electrons. The van der Waals surface area contributed by atoms with E-state index in [9.17, 15) is 4.79 Å². The van der Waals surface area contributed by atoms with Crippen LogP contribution < -0.4 is 0 Å². The summed E-state index contributed by atoms with van der Waals surface area (Å²) in [5, 5.41) is 0. The van der Waals surface area contributed by atoms with Gasteiger partial charge in [-0.1, -0.05) is 91.0 Å². The second-order valence-corrected chi connectivity index (χ2v) is 8.06. The van der Waals surface area contributed by atoms with Crippen LogP contribution in [0.2, 0.25) is 0 Å². The first-order valence-corrected chi connectivity index (χ1v) is 10.4. The summed E-state index contributed by atoms with van der Waals surface area (Å²) in [6.45, 7) is 5.60. The summed E-state index contributed by atoms with van der Waals surface area (Å²) in [5.74, 6) is 2.19. The van der Waals surface area contributed by atoms with Gasteiger partial charge in [0.25, 0.3) is 0 Å². The lowest BCUT2D eigenvalue weighted by Gasteiger charge is -2.30. The molecule has 4 rings (SSSR count). The Bertz CT molecular complexity index is 971. The van der Waals surface area contributed by atoms with E-state index in [1.807, 2.05) is 61.5 Å². The minimum Gasteiger partial charge on any atom is -0.363 e. The minimum absolute atomic E-state index is 0.100. The van der Waals surface area contributed by atoms with Gasteiger partial charge in [-0.15, -0.1) is 0 Å². The molecule has 3 atom stereocenters. The molecule has 1 saturated carbocycles. The number of carbonyl (C=O) groups excluding carboxylic acids is 1. The molecule has 1 aliphatic rings. The molecule has 0 radical (unpaired) electrons. The fourth-order valence-electron chi connectivity index (χ4n) is 4.09. The van der Waals surface area contributed by atoms with Crippen LogP contribution in [0.15, 0.2) is 96.6 Å². The summed E-state index contributed by atoms with van der Waals surface area (Å²) < 4.78 is 6.38. The van der Waals surface area contributed by atoms with Gasteiger partial charge in [0.2, 0.25) is 0 Å². The van der Waals surface area contributed by atoms with Gasteiger partial charge in [-0.25, -0.2) is 4.79 Å². The van der Waals surface area contributed by atoms with E-state index >= 15 is 0 Å². The van der Waals surface area contributed by atoms with Gasteiger partial charge in [-0.2, -0.15) is 0 Å². The molecule has 1 fully saturated rings. The van der Waals surface area contributed by atoms with Gasteiger partial charge >= 0.3 is 0 Å². The number of nitrogens with zero attached hydrogens (tertiary/aromatic N) is 1. The smallest absolute Gasteiger partial charge is 0.128 e. The predicted molar refractivity (Wildman–Crippen MR) is 119 cm³/mol. The molecule has 0 N–H and O–H groups in total. The summed E-state index contributed by atoms with van der Waals surface area (Å²) in [7, 11) is 0. The van der Waals surface area contributed by atoms with Crippen LogP contribution in [0.25, 0.3) is 0 Å². The topological polar surface area (TPSA) is 29.5 Å². The van der Waals surface area contributed by atoms with Crippen LogP contribution in [0.1, 0.15) is 36.6 Å². The maximum absolute atomic E-state index is 11.9. The van der Waals surface area contributed by atoms with Gasteiger partial charge in [0.15, 0.2) is 0 Å². The summed E-state index contributed by atoms with van der Waals surface area (Å²) in [6, 6.07) is 30.9. The van der Waals surface area contributed by atoms with Crippen molar-refractivity contribution in [1.82, 2.24) is 4.90 Å². The first-order chi connectivity index (χ1) is 14.6. The zero-order chi connectivity index (χ0) is 21.0. The number of benzene rings is 3. The average molecular weight is 398 g/mol. The van der Waals surface area contributed by atoms with Crippen molar-refractivity contribution in [3.8, 4) is 0 Å². The Balaban J connectivity index is 1.60. The van der Waals surface area contributed by atoms with E-state index in [1.165, 1.54) is 11.1 Å². The average Bonchev–Trinajstić information content (AvgIpc) is 3.38. The number of hydrogen-bond acceptors (Lipinski definition) is 3. The molecule has 0 spiro atoms. The summed E-state index contributed by atoms with van der Waals surface area (Å²) in [4.78, 5) is 14.2. The van der Waals surface area contributed by atoms with Crippen LogP contribution in [0.3, 0.4) is 0 Å². The van der Waals surface area contributed by atoms with Gasteiger partial charge < -0.3 is 4.74 Å². The first-order valence-electron chi connectivity index (χ1n) is 10.4. The van der Waals surface area contributed by atoms with Crippen molar-refractivity contribution < 1.29 is 9.53 Å². The molecule has 3 aromatic rings. The summed E-state index contributed by atoms with van der Waals surface area (Å²) >= 11 is 0. The fraction of sp³-hybridized carbons (Fsp3) is 0.259. The fourth-order valence-corrected chi connectivity index (χ4v) is 4.09. The van der Waals surface area contributed by atoms with Gasteiger partial charge in [0.1, 0.15) is 12.0 Å². The zero-order valence-electron chi connectivity index (χ0n) is 17.5. The van der Waals surface area contributed by atoms with Gasteiger partial charge in [-0.3, -0.25) is 4.90 Å². The number of rotatable bonds is 8. The van der Waals surface area contributed by atoms with E-state index in [4.69, 9.17) is 4.74 Å². The molecule has 0 aromatic heterocycles. The Morgan fingerprint density at radius 2 is 1.33 bits per heavy atom. The van der Waals surface area contributed by atoms with Crippen molar-refractivity contribution in [2.24, 2.45) is 0 Å². The Hall–Kier alpha value is -2.97. The van der Waals surface area contributed by atoms with E-state index in [2.05, 4.69) is 54.2 Å². The number of hydrogen-bond donors (Lipinski definition) is 0. The van der Waals surface area contributed by atoms with Crippen LogP contribution >= 0.6 is 0 Å². The highest BCUT2D eigenvalue weighted by atomic mass is 16.5. The molecule has 0 bridgehead atoms. The molecule has 0 aliphatic heterocycles. The summed E-state index contributed by atoms with van der Waals surface area (Å²) in [6.07, 6.45) is -0.366. The van der Waals surface area contributed by atoms with Crippen molar-refractivity contribution in [3.05, 3.63) is 113 Å². The van der Waals surface area contributed by atoms with E-state index < -0.39 is 5.54 Å². The highest BCUT2D eigenvalue weighted by Crippen LogP contribution is 2.51. The van der Waals surface area contributed by atoms with Crippen LogP contribution in [0, 0.1) is 0 Å². The van der Waals surface area contributed by atoms with Crippen LogP contribution in [-0.4, -0.2) is 22.5 Å². The molecular formula is C27H27NO2. The molecule has 0 amide bonds. The molecule has 0 saturated heterocycles. The van der Waals surface area contributed by atoms with Crippen molar-refractivity contribution in [3.63, 3.8) is 0 Å².